The Bertz CT molecular complexity index is 910. The minimum Gasteiger partial charge on any atom is -0.507 e. The molecule has 3 rings (SSSR count). The third-order valence-electron chi connectivity index (χ3n) is 3.54. The van der Waals surface area contributed by atoms with Crippen LogP contribution in [0.1, 0.15) is 22.4 Å². The highest BCUT2D eigenvalue weighted by atomic mass is 16.3. The average Bonchev–Trinajstić information content (AvgIpc) is 2.50. The van der Waals surface area contributed by atoms with Gasteiger partial charge < -0.3 is 10.8 Å². The number of benzene rings is 2. The second kappa shape index (κ2) is 5.42. The predicted octanol–water partition coefficient (Wildman–Crippen LogP) is 3.54. The van der Waals surface area contributed by atoms with Crippen molar-refractivity contribution in [3.05, 3.63) is 64.8 Å². The zero-order valence-electron chi connectivity index (χ0n) is 12.5. The van der Waals surface area contributed by atoms with E-state index in [2.05, 4.69) is 16.8 Å². The van der Waals surface area contributed by atoms with Gasteiger partial charge in [-0.2, -0.15) is 0 Å². The molecular formula is C19H16N2O. The Hall–Kier alpha value is -2.99. The first kappa shape index (κ1) is 14.0. The summed E-state index contributed by atoms with van der Waals surface area (Å²) >= 11 is 0. The van der Waals surface area contributed by atoms with E-state index in [4.69, 9.17) is 5.73 Å². The van der Waals surface area contributed by atoms with Crippen LogP contribution in [0.3, 0.4) is 0 Å². The van der Waals surface area contributed by atoms with Gasteiger partial charge in [0.1, 0.15) is 11.4 Å². The number of nitrogens with zero attached hydrogens (tertiary/aromatic N) is 1. The number of hydrogen-bond acceptors (Lipinski definition) is 3. The van der Waals surface area contributed by atoms with E-state index in [1.807, 2.05) is 56.3 Å². The van der Waals surface area contributed by atoms with Crippen LogP contribution in [0.25, 0.3) is 10.9 Å². The summed E-state index contributed by atoms with van der Waals surface area (Å²) in [5, 5.41) is 10.8. The quantitative estimate of drug-likeness (QED) is 0.491. The number of nitrogens with two attached hydrogens (primary N) is 1. The highest BCUT2D eigenvalue weighted by Crippen LogP contribution is 2.22. The molecule has 0 aliphatic rings. The van der Waals surface area contributed by atoms with Crippen molar-refractivity contribution in [2.75, 3.05) is 5.73 Å². The maximum Gasteiger partial charge on any atom is 0.121 e. The van der Waals surface area contributed by atoms with Crippen molar-refractivity contribution < 1.29 is 5.11 Å². The topological polar surface area (TPSA) is 59.1 Å². The van der Waals surface area contributed by atoms with E-state index >= 15 is 0 Å². The van der Waals surface area contributed by atoms with Crippen LogP contribution in [-0.4, -0.2) is 10.1 Å². The summed E-state index contributed by atoms with van der Waals surface area (Å²) in [6.45, 7) is 3.73. The van der Waals surface area contributed by atoms with Gasteiger partial charge in [-0.3, -0.25) is 0 Å². The minimum atomic E-state index is 0.326. The Morgan fingerprint density at radius 1 is 0.955 bits per heavy atom. The number of aromatic hydroxyl groups is 1. The Kier molecular flexibility index (Phi) is 3.44. The molecule has 0 fully saturated rings. The van der Waals surface area contributed by atoms with E-state index in [9.17, 15) is 5.11 Å². The first-order valence-corrected chi connectivity index (χ1v) is 7.01. The smallest absolute Gasteiger partial charge is 0.121 e. The van der Waals surface area contributed by atoms with Crippen LogP contribution in [-0.2, 0) is 0 Å². The molecule has 3 nitrogen and oxygen atoms in total. The highest BCUT2D eigenvalue weighted by molar-refractivity contribution is 5.82. The van der Waals surface area contributed by atoms with Crippen LogP contribution in [0.2, 0.25) is 0 Å². The number of phenolic OH excluding ortho intramolecular Hbond substituents is 1. The number of hydrogen-bond donors (Lipinski definition) is 2. The Labute approximate surface area is 129 Å². The second-order valence-electron chi connectivity index (χ2n) is 5.36. The van der Waals surface area contributed by atoms with Crippen LogP contribution in [0.5, 0.6) is 5.75 Å². The van der Waals surface area contributed by atoms with Gasteiger partial charge in [-0.15, -0.1) is 0 Å². The SMILES string of the molecule is Cc1cc(C#Cc2ccc3cc(N)ccc3n2)cc(C)c1O. The lowest BCUT2D eigenvalue weighted by atomic mass is 10.1. The summed E-state index contributed by atoms with van der Waals surface area (Å²) in [6, 6.07) is 13.2. The van der Waals surface area contributed by atoms with Gasteiger partial charge in [-0.1, -0.05) is 5.92 Å². The summed E-state index contributed by atoms with van der Waals surface area (Å²) in [6.07, 6.45) is 0. The summed E-state index contributed by atoms with van der Waals surface area (Å²) in [4.78, 5) is 4.52. The molecule has 0 aliphatic carbocycles. The number of nitrogen functional groups attached to an aromatic ring is 1. The molecule has 3 N–H and O–H groups in total. The van der Waals surface area contributed by atoms with Crippen molar-refractivity contribution in [3.8, 4) is 17.6 Å². The molecule has 0 radical (unpaired) electrons. The normalized spacial score (nSPS) is 10.3. The fraction of sp³-hybridized carbons (Fsp3) is 0.105. The standard InChI is InChI=1S/C19H16N2O/c1-12-9-14(10-13(2)19(12)22)3-6-17-7-4-15-11-16(20)5-8-18(15)21-17/h4-5,7-11,22H,20H2,1-2H3. The highest BCUT2D eigenvalue weighted by Gasteiger charge is 2.01. The molecule has 0 unspecified atom stereocenters. The number of rotatable bonds is 0. The summed E-state index contributed by atoms with van der Waals surface area (Å²) in [5.74, 6) is 6.49. The second-order valence-corrected chi connectivity index (χ2v) is 5.36. The third-order valence-corrected chi connectivity index (χ3v) is 3.54. The van der Waals surface area contributed by atoms with Crippen molar-refractivity contribution in [2.24, 2.45) is 0 Å². The fourth-order valence-corrected chi connectivity index (χ4v) is 2.38. The molecule has 3 aromatic rings. The molecule has 0 aliphatic heterocycles. The molecule has 1 heterocycles. The van der Waals surface area contributed by atoms with Crippen molar-refractivity contribution in [2.45, 2.75) is 13.8 Å². The molecule has 0 atom stereocenters. The van der Waals surface area contributed by atoms with Gasteiger partial charge in [-0.05, 0) is 73.4 Å². The maximum atomic E-state index is 9.79. The van der Waals surface area contributed by atoms with Gasteiger partial charge in [0.2, 0.25) is 0 Å². The van der Waals surface area contributed by atoms with Crippen molar-refractivity contribution >= 4 is 16.6 Å². The van der Waals surface area contributed by atoms with E-state index in [0.29, 0.717) is 11.4 Å². The zero-order valence-corrected chi connectivity index (χ0v) is 12.5. The number of aromatic nitrogens is 1. The number of anilines is 1. The lowest BCUT2D eigenvalue weighted by molar-refractivity contribution is 0.467. The molecule has 0 amide bonds. The van der Waals surface area contributed by atoms with Crippen LogP contribution >= 0.6 is 0 Å². The van der Waals surface area contributed by atoms with Crippen molar-refractivity contribution in [3.63, 3.8) is 0 Å². The van der Waals surface area contributed by atoms with Gasteiger partial charge >= 0.3 is 0 Å². The molecule has 3 heteroatoms. The summed E-state index contributed by atoms with van der Waals surface area (Å²) in [7, 11) is 0. The average molecular weight is 288 g/mol. The first-order chi connectivity index (χ1) is 10.5. The molecule has 0 saturated heterocycles. The van der Waals surface area contributed by atoms with E-state index in [-0.39, 0.29) is 0 Å². The van der Waals surface area contributed by atoms with Crippen LogP contribution < -0.4 is 5.73 Å². The van der Waals surface area contributed by atoms with Gasteiger partial charge in [0, 0.05) is 16.6 Å². The van der Waals surface area contributed by atoms with Crippen molar-refractivity contribution in [1.29, 1.82) is 0 Å². The summed E-state index contributed by atoms with van der Waals surface area (Å²) in [5.41, 5.74) is 10.6. The Morgan fingerprint density at radius 3 is 2.41 bits per heavy atom. The molecule has 0 saturated carbocycles. The minimum absolute atomic E-state index is 0.326. The number of pyridine rings is 1. The molecule has 2 aromatic carbocycles. The van der Waals surface area contributed by atoms with Crippen LogP contribution in [0.15, 0.2) is 42.5 Å². The fourth-order valence-electron chi connectivity index (χ4n) is 2.38. The first-order valence-electron chi connectivity index (χ1n) is 7.01. The number of phenols is 1. The monoisotopic (exact) mass is 288 g/mol. The van der Waals surface area contributed by atoms with Crippen LogP contribution in [0.4, 0.5) is 5.69 Å². The van der Waals surface area contributed by atoms with Gasteiger partial charge in [0.05, 0.1) is 5.52 Å². The summed E-state index contributed by atoms with van der Waals surface area (Å²) < 4.78 is 0. The lowest BCUT2D eigenvalue weighted by Gasteiger charge is -2.03. The van der Waals surface area contributed by atoms with Gasteiger partial charge in [0.25, 0.3) is 0 Å². The zero-order chi connectivity index (χ0) is 15.7. The maximum absolute atomic E-state index is 9.79. The molecule has 1 aromatic heterocycles. The van der Waals surface area contributed by atoms with Crippen molar-refractivity contribution in [1.82, 2.24) is 4.98 Å². The molecular weight excluding hydrogens is 272 g/mol. The van der Waals surface area contributed by atoms with E-state index < -0.39 is 0 Å². The van der Waals surface area contributed by atoms with Crippen LogP contribution in [0, 0.1) is 25.7 Å². The molecule has 0 spiro atoms. The molecule has 0 bridgehead atoms. The number of aryl methyl sites for hydroxylation is 2. The largest absolute Gasteiger partial charge is 0.507 e. The van der Waals surface area contributed by atoms with E-state index in [1.165, 1.54) is 0 Å². The third kappa shape index (κ3) is 2.72. The van der Waals surface area contributed by atoms with Gasteiger partial charge in [0.15, 0.2) is 0 Å². The Morgan fingerprint density at radius 2 is 1.68 bits per heavy atom. The van der Waals surface area contributed by atoms with Gasteiger partial charge in [-0.25, -0.2) is 4.98 Å². The predicted molar refractivity (Wildman–Crippen MR) is 89.7 cm³/mol. The van der Waals surface area contributed by atoms with E-state index in [0.717, 1.165) is 33.3 Å². The molecule has 108 valence electrons. The number of fused-ring (bicyclic) bond motifs is 1. The molecule has 22 heavy (non-hydrogen) atoms. The van der Waals surface area contributed by atoms with E-state index in [1.54, 1.807) is 0 Å². The lowest BCUT2D eigenvalue weighted by Crippen LogP contribution is -1.88. The Balaban J connectivity index is 1.99.